The minimum atomic E-state index is -0.874. The van der Waals surface area contributed by atoms with Crippen molar-refractivity contribution in [3.05, 3.63) is 24.3 Å². The van der Waals surface area contributed by atoms with Crippen molar-refractivity contribution >= 4 is 28.8 Å². The first-order chi connectivity index (χ1) is 8.85. The monoisotopic (exact) mass is 282 g/mol. The molecule has 3 N–H and O–H groups in total. The Balaban J connectivity index is 2.62. The van der Waals surface area contributed by atoms with E-state index in [0.717, 1.165) is 0 Å². The van der Waals surface area contributed by atoms with Gasteiger partial charge in [0.1, 0.15) is 22.9 Å². The third-order valence-corrected chi connectivity index (χ3v) is 2.67. The SMILES string of the molecule is COC(C)(C)C(=O)Nc1ccc(OCC(N)=S)cc1. The molecule has 0 saturated heterocycles. The van der Waals surface area contributed by atoms with Crippen LogP contribution in [0.1, 0.15) is 13.8 Å². The molecule has 0 aliphatic heterocycles. The Bertz CT molecular complexity index is 457. The van der Waals surface area contributed by atoms with Crippen LogP contribution in [0.5, 0.6) is 5.75 Å². The molecule has 0 atom stereocenters. The fourth-order valence-corrected chi connectivity index (χ4v) is 1.22. The number of rotatable bonds is 6. The van der Waals surface area contributed by atoms with Gasteiger partial charge < -0.3 is 20.5 Å². The van der Waals surface area contributed by atoms with Crippen LogP contribution in [0.3, 0.4) is 0 Å². The lowest BCUT2D eigenvalue weighted by molar-refractivity contribution is -0.133. The maximum absolute atomic E-state index is 11.9. The molecule has 1 aromatic rings. The fraction of sp³-hybridized carbons (Fsp3) is 0.385. The standard InChI is InChI=1S/C13H18N2O3S/c1-13(2,17-3)12(16)15-9-4-6-10(7-5-9)18-8-11(14)19/h4-7H,8H2,1-3H3,(H2,14,19)(H,15,16). The number of amides is 1. The zero-order valence-electron chi connectivity index (χ0n) is 11.2. The highest BCUT2D eigenvalue weighted by Gasteiger charge is 2.26. The Labute approximate surface area is 118 Å². The molecule has 0 bridgehead atoms. The summed E-state index contributed by atoms with van der Waals surface area (Å²) in [4.78, 5) is 12.2. The van der Waals surface area contributed by atoms with Gasteiger partial charge in [-0.05, 0) is 38.1 Å². The van der Waals surface area contributed by atoms with Crippen LogP contribution in [-0.2, 0) is 9.53 Å². The molecule has 0 fully saturated rings. The Morgan fingerprint density at radius 2 is 1.95 bits per heavy atom. The summed E-state index contributed by atoms with van der Waals surface area (Å²) >= 11 is 4.71. The number of thiocarbonyl (C=S) groups is 1. The summed E-state index contributed by atoms with van der Waals surface area (Å²) in [7, 11) is 1.49. The Hall–Kier alpha value is -1.66. The van der Waals surface area contributed by atoms with Crippen molar-refractivity contribution in [1.82, 2.24) is 0 Å². The number of anilines is 1. The van der Waals surface area contributed by atoms with Gasteiger partial charge in [0.15, 0.2) is 0 Å². The van der Waals surface area contributed by atoms with Gasteiger partial charge in [-0.25, -0.2) is 0 Å². The van der Waals surface area contributed by atoms with E-state index in [1.807, 2.05) is 0 Å². The zero-order valence-corrected chi connectivity index (χ0v) is 12.0. The van der Waals surface area contributed by atoms with Gasteiger partial charge in [0.2, 0.25) is 0 Å². The molecule has 0 spiro atoms. The lowest BCUT2D eigenvalue weighted by Gasteiger charge is -2.21. The molecule has 0 radical (unpaired) electrons. The third kappa shape index (κ3) is 4.84. The maximum Gasteiger partial charge on any atom is 0.256 e. The van der Waals surface area contributed by atoms with Crippen LogP contribution in [0.4, 0.5) is 5.69 Å². The number of hydrogen-bond donors (Lipinski definition) is 2. The molecular formula is C13H18N2O3S. The zero-order chi connectivity index (χ0) is 14.5. The quantitative estimate of drug-likeness (QED) is 0.777. The van der Waals surface area contributed by atoms with Gasteiger partial charge in [-0.15, -0.1) is 0 Å². The molecule has 0 aromatic heterocycles. The summed E-state index contributed by atoms with van der Waals surface area (Å²) in [5.74, 6) is 0.420. The van der Waals surface area contributed by atoms with E-state index in [1.54, 1.807) is 38.1 Å². The first-order valence-electron chi connectivity index (χ1n) is 5.73. The second-order valence-electron chi connectivity index (χ2n) is 4.45. The maximum atomic E-state index is 11.9. The molecule has 6 heteroatoms. The van der Waals surface area contributed by atoms with E-state index in [1.165, 1.54) is 7.11 Å². The van der Waals surface area contributed by atoms with Gasteiger partial charge in [-0.3, -0.25) is 4.79 Å². The van der Waals surface area contributed by atoms with Crippen LogP contribution in [0, 0.1) is 0 Å². The topological polar surface area (TPSA) is 73.6 Å². The number of nitrogens with two attached hydrogens (primary N) is 1. The average Bonchev–Trinajstić information content (AvgIpc) is 2.37. The van der Waals surface area contributed by atoms with E-state index in [2.05, 4.69) is 5.32 Å². The van der Waals surface area contributed by atoms with E-state index in [-0.39, 0.29) is 12.5 Å². The van der Waals surface area contributed by atoms with Crippen molar-refractivity contribution in [2.24, 2.45) is 5.73 Å². The van der Waals surface area contributed by atoms with E-state index >= 15 is 0 Å². The first-order valence-corrected chi connectivity index (χ1v) is 6.14. The second-order valence-corrected chi connectivity index (χ2v) is 4.97. The van der Waals surface area contributed by atoms with Crippen molar-refractivity contribution in [2.45, 2.75) is 19.4 Å². The van der Waals surface area contributed by atoms with Crippen LogP contribution < -0.4 is 15.8 Å². The molecule has 5 nitrogen and oxygen atoms in total. The molecule has 104 valence electrons. The summed E-state index contributed by atoms with van der Waals surface area (Å²) in [5, 5.41) is 2.76. The molecule has 0 unspecified atom stereocenters. The minimum absolute atomic E-state index is 0.192. The number of carbonyl (C=O) groups excluding carboxylic acids is 1. The normalized spacial score (nSPS) is 10.9. The molecule has 0 aliphatic rings. The molecule has 0 saturated carbocycles. The molecular weight excluding hydrogens is 264 g/mol. The predicted octanol–water partition coefficient (Wildman–Crippen LogP) is 1.71. The highest BCUT2D eigenvalue weighted by molar-refractivity contribution is 7.80. The molecule has 1 amide bonds. The van der Waals surface area contributed by atoms with Gasteiger partial charge in [0.05, 0.1) is 0 Å². The van der Waals surface area contributed by atoms with Crippen LogP contribution in [0.2, 0.25) is 0 Å². The average molecular weight is 282 g/mol. The van der Waals surface area contributed by atoms with Crippen molar-refractivity contribution < 1.29 is 14.3 Å². The highest BCUT2D eigenvalue weighted by atomic mass is 32.1. The van der Waals surface area contributed by atoms with Crippen molar-refractivity contribution in [3.8, 4) is 5.75 Å². The summed E-state index contributed by atoms with van der Waals surface area (Å²) in [6.45, 7) is 3.59. The van der Waals surface area contributed by atoms with E-state index in [4.69, 9.17) is 27.4 Å². The van der Waals surface area contributed by atoms with Gasteiger partial charge in [0.25, 0.3) is 5.91 Å². The van der Waals surface area contributed by atoms with Crippen molar-refractivity contribution in [2.75, 3.05) is 19.0 Å². The predicted molar refractivity (Wildman–Crippen MR) is 78.4 cm³/mol. The highest BCUT2D eigenvalue weighted by Crippen LogP contribution is 2.17. The summed E-state index contributed by atoms with van der Waals surface area (Å²) in [6, 6.07) is 6.93. The third-order valence-electron chi connectivity index (χ3n) is 2.55. The van der Waals surface area contributed by atoms with Crippen LogP contribution >= 0.6 is 12.2 Å². The number of hydrogen-bond acceptors (Lipinski definition) is 4. The first kappa shape index (κ1) is 15.4. The number of benzene rings is 1. The van der Waals surface area contributed by atoms with Crippen LogP contribution in [0.25, 0.3) is 0 Å². The van der Waals surface area contributed by atoms with E-state index in [9.17, 15) is 4.79 Å². The minimum Gasteiger partial charge on any atom is -0.487 e. The van der Waals surface area contributed by atoms with Gasteiger partial charge in [0, 0.05) is 12.8 Å². The van der Waals surface area contributed by atoms with Crippen molar-refractivity contribution in [3.63, 3.8) is 0 Å². The number of carbonyl (C=O) groups is 1. The summed E-state index contributed by atoms with van der Waals surface area (Å²) < 4.78 is 10.4. The molecule has 19 heavy (non-hydrogen) atoms. The molecule has 1 rings (SSSR count). The van der Waals surface area contributed by atoms with Gasteiger partial charge >= 0.3 is 0 Å². The lowest BCUT2D eigenvalue weighted by atomic mass is 10.1. The lowest BCUT2D eigenvalue weighted by Crippen LogP contribution is -2.38. The second kappa shape index (κ2) is 6.49. The number of ether oxygens (including phenoxy) is 2. The van der Waals surface area contributed by atoms with Crippen LogP contribution in [0.15, 0.2) is 24.3 Å². The number of nitrogens with one attached hydrogen (secondary N) is 1. The van der Waals surface area contributed by atoms with Gasteiger partial charge in [-0.1, -0.05) is 12.2 Å². The van der Waals surface area contributed by atoms with Crippen LogP contribution in [-0.4, -0.2) is 30.2 Å². The largest absolute Gasteiger partial charge is 0.487 e. The van der Waals surface area contributed by atoms with Gasteiger partial charge in [-0.2, -0.15) is 0 Å². The molecule has 0 aliphatic carbocycles. The van der Waals surface area contributed by atoms with Crippen molar-refractivity contribution in [1.29, 1.82) is 0 Å². The van der Waals surface area contributed by atoms with E-state index < -0.39 is 5.60 Å². The number of methoxy groups -OCH3 is 1. The smallest absolute Gasteiger partial charge is 0.256 e. The molecule has 1 aromatic carbocycles. The molecule has 0 heterocycles. The Morgan fingerprint density at radius 3 is 2.42 bits per heavy atom. The Morgan fingerprint density at radius 1 is 1.37 bits per heavy atom. The fourth-order valence-electron chi connectivity index (χ4n) is 1.16. The Kier molecular flexibility index (Phi) is 5.26. The summed E-state index contributed by atoms with van der Waals surface area (Å²) in [6.07, 6.45) is 0. The summed E-state index contributed by atoms with van der Waals surface area (Å²) in [5.41, 5.74) is 5.13. The van der Waals surface area contributed by atoms with E-state index in [0.29, 0.717) is 16.4 Å².